The first-order valence-electron chi connectivity index (χ1n) is 9.91. The Hall–Kier alpha value is -2.96. The third-order valence-corrected chi connectivity index (χ3v) is 6.43. The minimum atomic E-state index is -0.607. The first kappa shape index (κ1) is 21.3. The summed E-state index contributed by atoms with van der Waals surface area (Å²) in [4.78, 5) is 31.4. The smallest absolute Gasteiger partial charge is 0.338 e. The van der Waals surface area contributed by atoms with Crippen LogP contribution in [0.25, 0.3) is 6.08 Å². The van der Waals surface area contributed by atoms with Crippen molar-refractivity contribution in [3.8, 4) is 0 Å². The van der Waals surface area contributed by atoms with Gasteiger partial charge in [0.2, 0.25) is 0 Å². The highest BCUT2D eigenvalue weighted by Gasteiger charge is 2.33. The first-order valence-corrected chi connectivity index (χ1v) is 11.1. The standard InChI is InChI=1S/C24H21ClN2O3S/c1-4-30-23(29)20-15(3)26-24-27(21(20)16-11-9-14(2)10-12-16)22(28)19(31-24)13-17-7-5-6-8-18(17)25/h5-13,21H,4H2,1-3H3/b19-13-/t21-/m0/s1. The van der Waals surface area contributed by atoms with E-state index in [0.717, 1.165) is 16.7 Å². The SMILES string of the molecule is CCOC(=O)C1=C(C)N=c2s/c(=C\c3ccccc3Cl)c(=O)n2[C@H]1c1ccc(C)cc1. The van der Waals surface area contributed by atoms with Gasteiger partial charge in [0.05, 0.1) is 28.5 Å². The topological polar surface area (TPSA) is 60.7 Å². The molecule has 0 bridgehead atoms. The summed E-state index contributed by atoms with van der Waals surface area (Å²) in [7, 11) is 0. The molecule has 5 nitrogen and oxygen atoms in total. The average Bonchev–Trinajstić information content (AvgIpc) is 3.04. The molecular formula is C24H21ClN2O3S. The molecule has 2 heterocycles. The fraction of sp³-hybridized carbons (Fsp3) is 0.208. The summed E-state index contributed by atoms with van der Waals surface area (Å²) in [6, 6.07) is 14.5. The molecule has 1 aliphatic heterocycles. The number of halogens is 1. The van der Waals surface area contributed by atoms with Crippen LogP contribution < -0.4 is 14.9 Å². The average molecular weight is 453 g/mol. The Morgan fingerprint density at radius 1 is 1.19 bits per heavy atom. The Morgan fingerprint density at radius 3 is 2.58 bits per heavy atom. The van der Waals surface area contributed by atoms with Crippen molar-refractivity contribution in [2.45, 2.75) is 26.8 Å². The molecule has 0 saturated heterocycles. The van der Waals surface area contributed by atoms with E-state index in [4.69, 9.17) is 16.3 Å². The van der Waals surface area contributed by atoms with Crippen LogP contribution in [0.15, 0.2) is 69.6 Å². The molecule has 0 saturated carbocycles. The van der Waals surface area contributed by atoms with Crippen molar-refractivity contribution in [1.29, 1.82) is 0 Å². The highest BCUT2D eigenvalue weighted by molar-refractivity contribution is 7.07. The quantitative estimate of drug-likeness (QED) is 0.566. The number of allylic oxidation sites excluding steroid dienone is 1. The molecule has 31 heavy (non-hydrogen) atoms. The van der Waals surface area contributed by atoms with Crippen molar-refractivity contribution in [2.75, 3.05) is 6.61 Å². The molecule has 0 fully saturated rings. The van der Waals surface area contributed by atoms with Crippen LogP contribution in [-0.2, 0) is 9.53 Å². The zero-order valence-corrected chi connectivity index (χ0v) is 19.0. The van der Waals surface area contributed by atoms with Crippen molar-refractivity contribution >= 4 is 35.0 Å². The van der Waals surface area contributed by atoms with Crippen molar-refractivity contribution in [1.82, 2.24) is 4.57 Å². The highest BCUT2D eigenvalue weighted by atomic mass is 35.5. The van der Waals surface area contributed by atoms with Crippen molar-refractivity contribution in [3.63, 3.8) is 0 Å². The van der Waals surface area contributed by atoms with E-state index in [1.165, 1.54) is 11.3 Å². The number of benzene rings is 2. The Labute approximate surface area is 188 Å². The minimum absolute atomic E-state index is 0.219. The second kappa shape index (κ2) is 8.65. The summed E-state index contributed by atoms with van der Waals surface area (Å²) in [6.45, 7) is 5.77. The number of hydrogen-bond donors (Lipinski definition) is 0. The molecule has 0 radical (unpaired) electrons. The summed E-state index contributed by atoms with van der Waals surface area (Å²) in [6.07, 6.45) is 1.77. The molecule has 3 aromatic rings. The van der Waals surface area contributed by atoms with Gasteiger partial charge in [-0.05, 0) is 44.0 Å². The van der Waals surface area contributed by atoms with Gasteiger partial charge in [-0.1, -0.05) is 71.0 Å². The Bertz CT molecular complexity index is 1370. The predicted molar refractivity (Wildman–Crippen MR) is 123 cm³/mol. The second-order valence-corrected chi connectivity index (χ2v) is 8.65. The molecule has 0 aliphatic carbocycles. The van der Waals surface area contributed by atoms with Gasteiger partial charge in [-0.3, -0.25) is 9.36 Å². The van der Waals surface area contributed by atoms with Gasteiger partial charge in [0, 0.05) is 5.02 Å². The number of nitrogens with zero attached hydrogens (tertiary/aromatic N) is 2. The third kappa shape index (κ3) is 4.01. The van der Waals surface area contributed by atoms with Gasteiger partial charge < -0.3 is 4.74 Å². The number of ether oxygens (including phenoxy) is 1. The lowest BCUT2D eigenvalue weighted by Gasteiger charge is -2.24. The number of hydrogen-bond acceptors (Lipinski definition) is 5. The molecule has 2 aromatic carbocycles. The maximum atomic E-state index is 13.5. The normalized spacial score (nSPS) is 16.1. The molecular weight excluding hydrogens is 432 g/mol. The number of esters is 1. The van der Waals surface area contributed by atoms with Crippen molar-refractivity contribution in [2.24, 2.45) is 4.99 Å². The summed E-state index contributed by atoms with van der Waals surface area (Å²) in [5, 5.41) is 0.562. The van der Waals surface area contributed by atoms with Crippen molar-refractivity contribution in [3.05, 3.63) is 101 Å². The maximum Gasteiger partial charge on any atom is 0.338 e. The van der Waals surface area contributed by atoms with Gasteiger partial charge >= 0.3 is 5.97 Å². The minimum Gasteiger partial charge on any atom is -0.463 e. The van der Waals surface area contributed by atoms with Gasteiger partial charge in [0.15, 0.2) is 4.80 Å². The van der Waals surface area contributed by atoms with Crippen LogP contribution in [-0.4, -0.2) is 17.1 Å². The van der Waals surface area contributed by atoms with E-state index in [-0.39, 0.29) is 12.2 Å². The monoisotopic (exact) mass is 452 g/mol. The molecule has 1 aliphatic rings. The molecule has 1 aromatic heterocycles. The van der Waals surface area contributed by atoms with Crippen molar-refractivity contribution < 1.29 is 9.53 Å². The predicted octanol–water partition coefficient (Wildman–Crippen LogP) is 3.76. The summed E-state index contributed by atoms with van der Waals surface area (Å²) in [5.41, 5.74) is 3.38. The highest BCUT2D eigenvalue weighted by Crippen LogP contribution is 2.30. The van der Waals surface area contributed by atoms with Crippen LogP contribution in [0.1, 0.15) is 36.6 Å². The van der Waals surface area contributed by atoms with Gasteiger partial charge in [0.1, 0.15) is 0 Å². The molecule has 7 heteroatoms. The van der Waals surface area contributed by atoms with Gasteiger partial charge in [-0.25, -0.2) is 9.79 Å². The van der Waals surface area contributed by atoms with E-state index in [0.29, 0.717) is 25.6 Å². The van der Waals surface area contributed by atoms with Crippen LogP contribution >= 0.6 is 22.9 Å². The number of fused-ring (bicyclic) bond motifs is 1. The Morgan fingerprint density at radius 2 is 1.90 bits per heavy atom. The van der Waals surface area contributed by atoms with Crippen LogP contribution in [0, 0.1) is 6.92 Å². The third-order valence-electron chi connectivity index (χ3n) is 5.10. The van der Waals surface area contributed by atoms with E-state index < -0.39 is 12.0 Å². The Kier molecular flexibility index (Phi) is 5.94. The number of carbonyl (C=O) groups excluding carboxylic acids is 1. The van der Waals surface area contributed by atoms with E-state index >= 15 is 0 Å². The maximum absolute atomic E-state index is 13.5. The largest absolute Gasteiger partial charge is 0.463 e. The number of rotatable bonds is 4. The molecule has 0 unspecified atom stereocenters. The molecule has 1 atom stereocenters. The molecule has 4 rings (SSSR count). The zero-order valence-electron chi connectivity index (χ0n) is 17.4. The fourth-order valence-corrected chi connectivity index (χ4v) is 4.82. The van der Waals surface area contributed by atoms with E-state index in [1.807, 2.05) is 49.4 Å². The lowest BCUT2D eigenvalue weighted by atomic mass is 9.95. The zero-order chi connectivity index (χ0) is 22.1. The summed E-state index contributed by atoms with van der Waals surface area (Å²) >= 11 is 7.57. The first-order chi connectivity index (χ1) is 14.9. The summed E-state index contributed by atoms with van der Waals surface area (Å²) < 4.78 is 7.39. The van der Waals surface area contributed by atoms with Gasteiger partial charge in [-0.2, -0.15) is 0 Å². The summed E-state index contributed by atoms with van der Waals surface area (Å²) in [5.74, 6) is -0.463. The molecule has 0 spiro atoms. The number of thiazole rings is 1. The van der Waals surface area contributed by atoms with Gasteiger partial charge in [-0.15, -0.1) is 0 Å². The lowest BCUT2D eigenvalue weighted by molar-refractivity contribution is -0.139. The fourth-order valence-electron chi connectivity index (χ4n) is 3.59. The molecule has 158 valence electrons. The number of carbonyl (C=O) groups is 1. The van der Waals surface area contributed by atoms with Crippen LogP contribution in [0.2, 0.25) is 5.02 Å². The van der Waals surface area contributed by atoms with E-state index in [9.17, 15) is 9.59 Å². The Balaban J connectivity index is 1.97. The van der Waals surface area contributed by atoms with Crippen LogP contribution in [0.3, 0.4) is 0 Å². The van der Waals surface area contributed by atoms with E-state index in [2.05, 4.69) is 4.99 Å². The second-order valence-electron chi connectivity index (χ2n) is 7.23. The van der Waals surface area contributed by atoms with Crippen LogP contribution in [0.4, 0.5) is 0 Å². The van der Waals surface area contributed by atoms with Gasteiger partial charge in [0.25, 0.3) is 5.56 Å². The number of aromatic nitrogens is 1. The number of aryl methyl sites for hydroxylation is 1. The lowest BCUT2D eigenvalue weighted by Crippen LogP contribution is -2.39. The van der Waals surface area contributed by atoms with Crippen LogP contribution in [0.5, 0.6) is 0 Å². The molecule has 0 N–H and O–H groups in total. The van der Waals surface area contributed by atoms with E-state index in [1.54, 1.807) is 30.6 Å². The molecule has 0 amide bonds.